The molecule has 0 radical (unpaired) electrons. The minimum atomic E-state index is -0.874. The highest BCUT2D eigenvalue weighted by Gasteiger charge is 2.17. The van der Waals surface area contributed by atoms with Crippen LogP contribution in [0.4, 0.5) is 0 Å². The maximum absolute atomic E-state index is 12.4. The van der Waals surface area contributed by atoms with Gasteiger partial charge in [0.1, 0.15) is 0 Å². The molecule has 0 bridgehead atoms. The molecular weight excluding hydrogens is 711 g/mol. The van der Waals surface area contributed by atoms with E-state index >= 15 is 0 Å². The molecule has 0 spiro atoms. The fourth-order valence-electron chi connectivity index (χ4n) is 7.79. The van der Waals surface area contributed by atoms with Gasteiger partial charge in [-0.05, 0) is 70.6 Å². The van der Waals surface area contributed by atoms with Crippen molar-refractivity contribution in [3.8, 4) is 0 Å². The van der Waals surface area contributed by atoms with Crippen molar-refractivity contribution >= 4 is 5.91 Å². The zero-order chi connectivity index (χ0) is 42.1. The molecule has 0 heterocycles. The summed E-state index contributed by atoms with van der Waals surface area (Å²) in [6.07, 6.45) is 68.3. The lowest BCUT2D eigenvalue weighted by molar-refractivity contribution is -0.123. The highest BCUT2D eigenvalue weighted by Crippen LogP contribution is 2.16. The van der Waals surface area contributed by atoms with E-state index in [0.717, 1.165) is 51.4 Å². The molecule has 0 aromatic rings. The highest BCUT2D eigenvalue weighted by atomic mass is 16.3. The summed E-state index contributed by atoms with van der Waals surface area (Å²) < 4.78 is 0. The zero-order valence-electron chi connectivity index (χ0n) is 39.1. The summed E-state index contributed by atoms with van der Waals surface area (Å²) in [5, 5.41) is 23.0. The Morgan fingerprint density at radius 3 is 1.00 bits per heavy atom. The SMILES string of the molecule is CCCCCCCCC/C=C\CCCCCCCC(=O)NC(CO)C(O)/C=C/CC/C=C/CC/C=C/CCCCCCCCCCCCCCCCCCCCCC. The Morgan fingerprint density at radius 2 is 0.672 bits per heavy atom. The number of allylic oxidation sites excluding steroid dienone is 7. The summed E-state index contributed by atoms with van der Waals surface area (Å²) in [6, 6.07) is -0.650. The van der Waals surface area contributed by atoms with Crippen LogP contribution in [-0.4, -0.2) is 34.9 Å². The first kappa shape index (κ1) is 56.4. The van der Waals surface area contributed by atoms with E-state index in [2.05, 4.69) is 55.6 Å². The van der Waals surface area contributed by atoms with Crippen molar-refractivity contribution in [1.82, 2.24) is 5.32 Å². The first-order valence-corrected chi connectivity index (χ1v) is 25.9. The number of rotatable bonds is 47. The van der Waals surface area contributed by atoms with E-state index < -0.39 is 12.1 Å². The predicted molar refractivity (Wildman–Crippen MR) is 258 cm³/mol. The normalized spacial score (nSPS) is 13.2. The molecule has 0 aliphatic carbocycles. The van der Waals surface area contributed by atoms with Gasteiger partial charge < -0.3 is 15.5 Å². The van der Waals surface area contributed by atoms with E-state index in [1.54, 1.807) is 6.08 Å². The van der Waals surface area contributed by atoms with E-state index in [9.17, 15) is 15.0 Å². The van der Waals surface area contributed by atoms with E-state index in [1.807, 2.05) is 6.08 Å². The molecule has 4 heteroatoms. The quantitative estimate of drug-likeness (QED) is 0.0423. The molecule has 1 amide bonds. The Labute approximate surface area is 363 Å². The number of hydrogen-bond donors (Lipinski definition) is 3. The van der Waals surface area contributed by atoms with Gasteiger partial charge in [0.15, 0.2) is 0 Å². The monoisotopic (exact) mass is 812 g/mol. The van der Waals surface area contributed by atoms with E-state index in [1.165, 1.54) is 199 Å². The lowest BCUT2D eigenvalue weighted by Gasteiger charge is -2.19. The van der Waals surface area contributed by atoms with Crippen LogP contribution in [0.2, 0.25) is 0 Å². The molecular formula is C54H101NO3. The van der Waals surface area contributed by atoms with Crippen molar-refractivity contribution in [2.75, 3.05) is 6.61 Å². The second-order valence-electron chi connectivity index (χ2n) is 17.6. The van der Waals surface area contributed by atoms with Gasteiger partial charge in [-0.3, -0.25) is 4.79 Å². The largest absolute Gasteiger partial charge is 0.394 e. The number of aliphatic hydroxyl groups excluding tert-OH is 2. The summed E-state index contributed by atoms with van der Waals surface area (Å²) in [5.41, 5.74) is 0. The number of amides is 1. The second kappa shape index (κ2) is 49.7. The maximum atomic E-state index is 12.4. The number of unbranched alkanes of at least 4 members (excludes halogenated alkanes) is 34. The average molecular weight is 812 g/mol. The van der Waals surface area contributed by atoms with Gasteiger partial charge in [0.2, 0.25) is 5.91 Å². The van der Waals surface area contributed by atoms with Crippen LogP contribution >= 0.6 is 0 Å². The van der Waals surface area contributed by atoms with Gasteiger partial charge in [-0.1, -0.05) is 242 Å². The summed E-state index contributed by atoms with van der Waals surface area (Å²) in [5.74, 6) is -0.0856. The Bertz CT molecular complexity index is 923. The van der Waals surface area contributed by atoms with Crippen LogP contribution in [0.3, 0.4) is 0 Å². The third-order valence-corrected chi connectivity index (χ3v) is 11.8. The molecule has 0 aromatic heterocycles. The van der Waals surface area contributed by atoms with E-state index in [-0.39, 0.29) is 12.5 Å². The van der Waals surface area contributed by atoms with Gasteiger partial charge >= 0.3 is 0 Å². The van der Waals surface area contributed by atoms with Gasteiger partial charge in [-0.2, -0.15) is 0 Å². The third-order valence-electron chi connectivity index (χ3n) is 11.8. The number of carbonyl (C=O) groups excluding carboxylic acids is 1. The Hall–Kier alpha value is -1.65. The Morgan fingerprint density at radius 1 is 0.397 bits per heavy atom. The van der Waals surface area contributed by atoms with Crippen molar-refractivity contribution in [2.45, 2.75) is 283 Å². The first-order valence-electron chi connectivity index (χ1n) is 25.9. The molecule has 340 valence electrons. The predicted octanol–water partition coefficient (Wildman–Crippen LogP) is 16.7. The minimum absolute atomic E-state index is 0.0856. The molecule has 0 aromatic carbocycles. The van der Waals surface area contributed by atoms with Crippen LogP contribution in [0.25, 0.3) is 0 Å². The van der Waals surface area contributed by atoms with Crippen LogP contribution in [0.15, 0.2) is 48.6 Å². The van der Waals surface area contributed by atoms with Gasteiger partial charge in [-0.25, -0.2) is 0 Å². The smallest absolute Gasteiger partial charge is 0.220 e. The van der Waals surface area contributed by atoms with Crippen LogP contribution < -0.4 is 5.32 Å². The van der Waals surface area contributed by atoms with Gasteiger partial charge in [0, 0.05) is 6.42 Å². The molecule has 4 nitrogen and oxygen atoms in total. The fraction of sp³-hybridized carbons (Fsp3) is 0.833. The lowest BCUT2D eigenvalue weighted by atomic mass is 10.0. The number of aliphatic hydroxyl groups is 2. The van der Waals surface area contributed by atoms with Crippen molar-refractivity contribution in [3.63, 3.8) is 0 Å². The zero-order valence-corrected chi connectivity index (χ0v) is 39.1. The molecule has 0 aliphatic rings. The Kier molecular flexibility index (Phi) is 48.3. The number of nitrogens with one attached hydrogen (secondary N) is 1. The minimum Gasteiger partial charge on any atom is -0.394 e. The standard InChI is InChI=1S/C54H101NO3/c1-3-5-7-9-11-13-15-17-19-21-22-23-24-25-26-27-28-29-30-31-32-33-34-35-37-39-41-43-45-47-49-53(57)52(51-56)55-54(58)50-48-46-44-42-40-38-36-20-18-16-14-12-10-8-6-4-2/h20,33-34,36,39,41,47,49,52-53,56-57H,3-19,21-32,35,37-38,40,42-46,48,50-51H2,1-2H3,(H,55,58)/b34-33+,36-20-,41-39+,49-47+. The van der Waals surface area contributed by atoms with Gasteiger partial charge in [-0.15, -0.1) is 0 Å². The topological polar surface area (TPSA) is 69.6 Å². The lowest BCUT2D eigenvalue weighted by Crippen LogP contribution is -2.45. The summed E-state index contributed by atoms with van der Waals surface area (Å²) in [7, 11) is 0. The van der Waals surface area contributed by atoms with Gasteiger partial charge in [0.05, 0.1) is 18.8 Å². The second-order valence-corrected chi connectivity index (χ2v) is 17.6. The molecule has 0 saturated heterocycles. The van der Waals surface area contributed by atoms with Crippen LogP contribution in [-0.2, 0) is 4.79 Å². The van der Waals surface area contributed by atoms with Crippen LogP contribution in [0.5, 0.6) is 0 Å². The summed E-state index contributed by atoms with van der Waals surface area (Å²) in [4.78, 5) is 12.4. The van der Waals surface area contributed by atoms with Crippen LogP contribution in [0.1, 0.15) is 271 Å². The van der Waals surface area contributed by atoms with Crippen molar-refractivity contribution in [1.29, 1.82) is 0 Å². The van der Waals surface area contributed by atoms with E-state index in [4.69, 9.17) is 0 Å². The third kappa shape index (κ3) is 45.4. The highest BCUT2D eigenvalue weighted by molar-refractivity contribution is 5.76. The van der Waals surface area contributed by atoms with Gasteiger partial charge in [0.25, 0.3) is 0 Å². The number of hydrogen-bond acceptors (Lipinski definition) is 3. The molecule has 2 unspecified atom stereocenters. The first-order chi connectivity index (χ1) is 28.7. The molecule has 58 heavy (non-hydrogen) atoms. The molecule has 2 atom stereocenters. The van der Waals surface area contributed by atoms with Crippen molar-refractivity contribution in [2.24, 2.45) is 0 Å². The summed E-state index contributed by atoms with van der Waals surface area (Å²) >= 11 is 0. The molecule has 0 aliphatic heterocycles. The van der Waals surface area contributed by atoms with Crippen molar-refractivity contribution in [3.05, 3.63) is 48.6 Å². The molecule has 0 rings (SSSR count). The molecule has 0 saturated carbocycles. The van der Waals surface area contributed by atoms with Crippen LogP contribution in [0, 0.1) is 0 Å². The molecule has 3 N–H and O–H groups in total. The summed E-state index contributed by atoms with van der Waals surface area (Å²) in [6.45, 7) is 4.30. The Balaban J connectivity index is 3.57. The average Bonchev–Trinajstić information content (AvgIpc) is 3.23. The number of carbonyl (C=O) groups is 1. The maximum Gasteiger partial charge on any atom is 0.220 e. The molecule has 0 fully saturated rings. The van der Waals surface area contributed by atoms with Crippen molar-refractivity contribution < 1.29 is 15.0 Å². The fourth-order valence-corrected chi connectivity index (χ4v) is 7.79. The van der Waals surface area contributed by atoms with E-state index in [0.29, 0.717) is 6.42 Å².